The average molecular weight is 408 g/mol. The minimum Gasteiger partial charge on any atom is -0.495 e. The molecule has 1 aliphatic carbocycles. The maximum absolute atomic E-state index is 12.8. The topological polar surface area (TPSA) is 55.4 Å². The minimum absolute atomic E-state index is 0.234. The molecule has 0 atom stereocenters. The van der Waals surface area contributed by atoms with E-state index in [0.29, 0.717) is 17.9 Å². The standard InChI is InChI=1S/C18H18BrNO3S/c1-12-7-9-13(10-8-12)24(21,22)20-18-15-6-4-3-5-14(15)16(19)11-17(18)23-2/h3-4,7-11,20H,5-6H2,1-2H3. The first-order valence-electron chi connectivity index (χ1n) is 7.55. The third kappa shape index (κ3) is 3.21. The van der Waals surface area contributed by atoms with Crippen LogP contribution in [0.4, 0.5) is 5.69 Å². The predicted octanol–water partition coefficient (Wildman–Crippen LogP) is 4.22. The number of allylic oxidation sites excluding steroid dienone is 2. The molecule has 0 spiro atoms. The lowest BCUT2D eigenvalue weighted by Crippen LogP contribution is -2.16. The summed E-state index contributed by atoms with van der Waals surface area (Å²) in [5.41, 5.74) is 3.55. The number of nitrogens with one attached hydrogen (secondary N) is 1. The van der Waals surface area contributed by atoms with Crippen LogP contribution in [0.15, 0.2) is 51.9 Å². The monoisotopic (exact) mass is 407 g/mol. The molecule has 24 heavy (non-hydrogen) atoms. The number of halogens is 1. The van der Waals surface area contributed by atoms with Crippen LogP contribution in [-0.2, 0) is 22.9 Å². The van der Waals surface area contributed by atoms with E-state index in [-0.39, 0.29) is 4.90 Å². The summed E-state index contributed by atoms with van der Waals surface area (Å²) >= 11 is 3.55. The van der Waals surface area contributed by atoms with Crippen molar-refractivity contribution >= 4 is 31.6 Å². The molecule has 0 aliphatic heterocycles. The molecule has 0 fully saturated rings. The van der Waals surface area contributed by atoms with E-state index < -0.39 is 10.0 Å². The van der Waals surface area contributed by atoms with Crippen LogP contribution >= 0.6 is 15.9 Å². The van der Waals surface area contributed by atoms with Gasteiger partial charge in [0.25, 0.3) is 10.0 Å². The number of aryl methyl sites for hydroxylation is 1. The summed E-state index contributed by atoms with van der Waals surface area (Å²) in [7, 11) is -2.14. The molecular weight excluding hydrogens is 390 g/mol. The summed E-state index contributed by atoms with van der Waals surface area (Å²) in [5, 5.41) is 0. The Morgan fingerprint density at radius 1 is 1.08 bits per heavy atom. The number of rotatable bonds is 4. The lowest BCUT2D eigenvalue weighted by atomic mass is 9.95. The summed E-state index contributed by atoms with van der Waals surface area (Å²) in [6.07, 6.45) is 5.55. The summed E-state index contributed by atoms with van der Waals surface area (Å²) < 4.78 is 34.6. The molecule has 4 nitrogen and oxygen atoms in total. The van der Waals surface area contributed by atoms with E-state index in [1.54, 1.807) is 24.3 Å². The van der Waals surface area contributed by atoms with Crippen molar-refractivity contribution in [2.75, 3.05) is 11.8 Å². The molecule has 0 radical (unpaired) electrons. The molecule has 6 heteroatoms. The molecule has 2 aromatic rings. The molecular formula is C18H18BrNO3S. The van der Waals surface area contributed by atoms with E-state index >= 15 is 0 Å². The van der Waals surface area contributed by atoms with Crippen molar-refractivity contribution in [1.82, 2.24) is 0 Å². The third-order valence-corrected chi connectivity index (χ3v) is 6.13. The highest BCUT2D eigenvalue weighted by molar-refractivity contribution is 9.10. The Hall–Kier alpha value is -1.79. The molecule has 0 bridgehead atoms. The zero-order chi connectivity index (χ0) is 17.3. The lowest BCUT2D eigenvalue weighted by molar-refractivity contribution is 0.416. The first-order chi connectivity index (χ1) is 11.4. The van der Waals surface area contributed by atoms with E-state index in [4.69, 9.17) is 4.74 Å². The number of fused-ring (bicyclic) bond motifs is 1. The Morgan fingerprint density at radius 3 is 2.33 bits per heavy atom. The number of sulfonamides is 1. The molecule has 0 aromatic heterocycles. The second kappa shape index (κ2) is 6.61. The number of hydrogen-bond acceptors (Lipinski definition) is 3. The van der Waals surface area contributed by atoms with Crippen LogP contribution in [-0.4, -0.2) is 15.5 Å². The van der Waals surface area contributed by atoms with E-state index in [9.17, 15) is 8.42 Å². The third-order valence-electron chi connectivity index (χ3n) is 4.06. The highest BCUT2D eigenvalue weighted by Gasteiger charge is 2.23. The molecule has 3 rings (SSSR count). The van der Waals surface area contributed by atoms with Gasteiger partial charge in [0.15, 0.2) is 0 Å². The van der Waals surface area contributed by atoms with Crippen molar-refractivity contribution in [3.8, 4) is 5.75 Å². The highest BCUT2D eigenvalue weighted by Crippen LogP contribution is 2.39. The molecule has 0 saturated carbocycles. The first kappa shape index (κ1) is 17.0. The van der Waals surface area contributed by atoms with Gasteiger partial charge >= 0.3 is 0 Å². The van der Waals surface area contributed by atoms with Crippen LogP contribution in [0, 0.1) is 6.92 Å². The molecule has 2 aromatic carbocycles. The second-order valence-corrected chi connectivity index (χ2v) is 8.23. The lowest BCUT2D eigenvalue weighted by Gasteiger charge is -2.21. The first-order valence-corrected chi connectivity index (χ1v) is 9.82. The van der Waals surface area contributed by atoms with Crippen molar-refractivity contribution in [3.05, 3.63) is 63.6 Å². The van der Waals surface area contributed by atoms with Gasteiger partial charge in [-0.15, -0.1) is 0 Å². The normalized spacial score (nSPS) is 13.5. The van der Waals surface area contributed by atoms with Gasteiger partial charge in [-0.25, -0.2) is 8.42 Å². The van der Waals surface area contributed by atoms with Gasteiger partial charge in [0, 0.05) is 4.47 Å². The second-order valence-electron chi connectivity index (χ2n) is 5.69. The van der Waals surface area contributed by atoms with Gasteiger partial charge < -0.3 is 4.74 Å². The maximum atomic E-state index is 12.8. The van der Waals surface area contributed by atoms with Gasteiger partial charge in [0.2, 0.25) is 0 Å². The predicted molar refractivity (Wildman–Crippen MR) is 99.2 cm³/mol. The van der Waals surface area contributed by atoms with E-state index in [1.807, 2.05) is 19.1 Å². The van der Waals surface area contributed by atoms with Gasteiger partial charge in [0.1, 0.15) is 5.75 Å². The Bertz CT molecular complexity index is 903. The van der Waals surface area contributed by atoms with E-state index in [1.165, 1.54) is 7.11 Å². The molecule has 0 unspecified atom stereocenters. The van der Waals surface area contributed by atoms with Gasteiger partial charge in [-0.1, -0.05) is 45.8 Å². The Balaban J connectivity index is 2.08. The van der Waals surface area contributed by atoms with Gasteiger partial charge in [-0.3, -0.25) is 4.72 Å². The summed E-state index contributed by atoms with van der Waals surface area (Å²) in [6, 6.07) is 8.59. The minimum atomic E-state index is -3.68. The number of anilines is 1. The van der Waals surface area contributed by atoms with Crippen molar-refractivity contribution in [1.29, 1.82) is 0 Å². The fourth-order valence-corrected chi connectivity index (χ4v) is 4.46. The maximum Gasteiger partial charge on any atom is 0.262 e. The number of ether oxygens (including phenoxy) is 1. The van der Waals surface area contributed by atoms with Crippen molar-refractivity contribution in [2.45, 2.75) is 24.7 Å². The van der Waals surface area contributed by atoms with Crippen molar-refractivity contribution < 1.29 is 13.2 Å². The molecule has 1 N–H and O–H groups in total. The van der Waals surface area contributed by atoms with Crippen LogP contribution < -0.4 is 9.46 Å². The fourth-order valence-electron chi connectivity index (χ4n) is 2.75. The van der Waals surface area contributed by atoms with Crippen LogP contribution in [0.5, 0.6) is 5.75 Å². The quantitative estimate of drug-likeness (QED) is 0.771. The number of methoxy groups -OCH3 is 1. The average Bonchev–Trinajstić information content (AvgIpc) is 2.57. The van der Waals surface area contributed by atoms with Crippen LogP contribution in [0.3, 0.4) is 0 Å². The summed E-state index contributed by atoms with van der Waals surface area (Å²) in [4.78, 5) is 0.234. The summed E-state index contributed by atoms with van der Waals surface area (Å²) in [6.45, 7) is 1.92. The fraction of sp³-hybridized carbons (Fsp3) is 0.222. The molecule has 0 amide bonds. The zero-order valence-corrected chi connectivity index (χ0v) is 15.9. The molecule has 0 saturated heterocycles. The largest absolute Gasteiger partial charge is 0.495 e. The van der Waals surface area contributed by atoms with E-state index in [0.717, 1.165) is 27.6 Å². The number of benzene rings is 2. The SMILES string of the molecule is COc1cc(Br)c2c(c1NS(=O)(=O)c1ccc(C)cc1)CC=CC2. The smallest absolute Gasteiger partial charge is 0.262 e. The van der Waals surface area contributed by atoms with Gasteiger partial charge in [-0.2, -0.15) is 0 Å². The number of hydrogen-bond donors (Lipinski definition) is 1. The van der Waals surface area contributed by atoms with Crippen LogP contribution in [0.2, 0.25) is 0 Å². The van der Waals surface area contributed by atoms with Gasteiger partial charge in [0.05, 0.1) is 17.7 Å². The molecule has 126 valence electrons. The van der Waals surface area contributed by atoms with Crippen LogP contribution in [0.1, 0.15) is 16.7 Å². The highest BCUT2D eigenvalue weighted by atomic mass is 79.9. The molecule has 1 aliphatic rings. The van der Waals surface area contributed by atoms with Crippen LogP contribution in [0.25, 0.3) is 0 Å². The molecule has 0 heterocycles. The Morgan fingerprint density at radius 2 is 1.71 bits per heavy atom. The van der Waals surface area contributed by atoms with Crippen molar-refractivity contribution in [2.24, 2.45) is 0 Å². The van der Waals surface area contributed by atoms with Crippen molar-refractivity contribution in [3.63, 3.8) is 0 Å². The Labute approximate surface area is 150 Å². The van der Waals surface area contributed by atoms with E-state index in [2.05, 4.69) is 26.7 Å². The van der Waals surface area contributed by atoms with Gasteiger partial charge in [-0.05, 0) is 49.1 Å². The summed E-state index contributed by atoms with van der Waals surface area (Å²) in [5.74, 6) is 0.506. The zero-order valence-electron chi connectivity index (χ0n) is 13.5. The Kier molecular flexibility index (Phi) is 4.69.